The van der Waals surface area contributed by atoms with Crippen LogP contribution in [0.2, 0.25) is 0 Å². The first kappa shape index (κ1) is 17.0. The minimum atomic E-state index is -0.954. The molecule has 2 rings (SSSR count). The molecule has 0 radical (unpaired) electrons. The molecule has 1 saturated carbocycles. The fraction of sp³-hybridized carbons (Fsp3) is 0.471. The second-order valence-electron chi connectivity index (χ2n) is 6.28. The number of hydrogen-bond donors (Lipinski definition) is 3. The molecule has 3 N–H and O–H groups in total. The van der Waals surface area contributed by atoms with Gasteiger partial charge >= 0.3 is 5.97 Å². The third kappa shape index (κ3) is 4.31. The molecule has 6 nitrogen and oxygen atoms in total. The van der Waals surface area contributed by atoms with Gasteiger partial charge in [0, 0.05) is 23.2 Å². The summed E-state index contributed by atoms with van der Waals surface area (Å²) in [5.41, 5.74) is 1.07. The van der Waals surface area contributed by atoms with E-state index in [0.717, 1.165) is 6.42 Å². The van der Waals surface area contributed by atoms with Crippen LogP contribution in [0.5, 0.6) is 0 Å². The summed E-state index contributed by atoms with van der Waals surface area (Å²) in [5.74, 6) is -1.41. The first-order valence-electron chi connectivity index (χ1n) is 7.74. The van der Waals surface area contributed by atoms with Crippen LogP contribution in [0.25, 0.3) is 0 Å². The normalized spacial score (nSPS) is 21.9. The number of amides is 2. The molecule has 1 aromatic rings. The van der Waals surface area contributed by atoms with Crippen LogP contribution in [-0.2, 0) is 9.59 Å². The van der Waals surface area contributed by atoms with E-state index >= 15 is 0 Å². The van der Waals surface area contributed by atoms with Crippen LogP contribution in [-0.4, -0.2) is 28.9 Å². The van der Waals surface area contributed by atoms with Crippen molar-refractivity contribution >= 4 is 23.5 Å². The zero-order chi connectivity index (χ0) is 17.1. The van der Waals surface area contributed by atoms with Crippen molar-refractivity contribution in [3.8, 4) is 0 Å². The van der Waals surface area contributed by atoms with Crippen molar-refractivity contribution in [3.63, 3.8) is 0 Å². The van der Waals surface area contributed by atoms with Gasteiger partial charge in [0.1, 0.15) is 0 Å². The minimum Gasteiger partial charge on any atom is -0.481 e. The summed E-state index contributed by atoms with van der Waals surface area (Å²) in [7, 11) is 0. The molecule has 0 aromatic heterocycles. The molecule has 1 aliphatic rings. The first-order valence-corrected chi connectivity index (χ1v) is 7.74. The van der Waals surface area contributed by atoms with Gasteiger partial charge in [0.05, 0.1) is 5.92 Å². The SMILES string of the molecule is CC1CC1C(=O)Nc1ccc(C(=O)NC(C)C(C)C(=O)O)cc1. The maximum Gasteiger partial charge on any atom is 0.308 e. The standard InChI is InChI=1S/C17H22N2O4/c1-9-8-14(9)16(21)19-13-6-4-12(5-7-13)15(20)18-11(3)10(2)17(22)23/h4-7,9-11,14H,8H2,1-3H3,(H,18,20)(H,19,21)(H,22,23). The quantitative estimate of drug-likeness (QED) is 0.748. The Morgan fingerprint density at radius 3 is 2.22 bits per heavy atom. The maximum atomic E-state index is 12.1. The molecule has 23 heavy (non-hydrogen) atoms. The molecule has 0 heterocycles. The molecule has 124 valence electrons. The lowest BCUT2D eigenvalue weighted by Crippen LogP contribution is -2.40. The summed E-state index contributed by atoms with van der Waals surface area (Å²) >= 11 is 0. The molecule has 2 amide bonds. The highest BCUT2D eigenvalue weighted by molar-refractivity contribution is 5.97. The molecule has 1 aliphatic carbocycles. The second-order valence-corrected chi connectivity index (χ2v) is 6.28. The van der Waals surface area contributed by atoms with Crippen LogP contribution in [0.4, 0.5) is 5.69 Å². The summed E-state index contributed by atoms with van der Waals surface area (Å²) in [6.07, 6.45) is 0.923. The third-order valence-corrected chi connectivity index (χ3v) is 4.36. The summed E-state index contributed by atoms with van der Waals surface area (Å²) in [6.45, 7) is 5.24. The number of benzene rings is 1. The van der Waals surface area contributed by atoms with Gasteiger partial charge in [-0.05, 0) is 50.5 Å². The summed E-state index contributed by atoms with van der Waals surface area (Å²) < 4.78 is 0. The third-order valence-electron chi connectivity index (χ3n) is 4.36. The summed E-state index contributed by atoms with van der Waals surface area (Å²) in [5, 5.41) is 14.4. The Hall–Kier alpha value is -2.37. The number of hydrogen-bond acceptors (Lipinski definition) is 3. The van der Waals surface area contributed by atoms with Crippen molar-refractivity contribution in [2.75, 3.05) is 5.32 Å². The fourth-order valence-corrected chi connectivity index (χ4v) is 2.26. The molecular weight excluding hydrogens is 296 g/mol. The Labute approximate surface area is 135 Å². The van der Waals surface area contributed by atoms with E-state index in [4.69, 9.17) is 5.11 Å². The van der Waals surface area contributed by atoms with Gasteiger partial charge in [0.15, 0.2) is 0 Å². The van der Waals surface area contributed by atoms with Crippen LogP contribution in [0.15, 0.2) is 24.3 Å². The number of rotatable bonds is 6. The molecule has 0 aliphatic heterocycles. The van der Waals surface area contributed by atoms with Crippen LogP contribution >= 0.6 is 0 Å². The lowest BCUT2D eigenvalue weighted by Gasteiger charge is -2.17. The number of aliphatic carboxylic acids is 1. The lowest BCUT2D eigenvalue weighted by molar-refractivity contribution is -0.141. The van der Waals surface area contributed by atoms with Crippen LogP contribution < -0.4 is 10.6 Å². The molecular formula is C17H22N2O4. The van der Waals surface area contributed by atoms with Crippen molar-refractivity contribution in [3.05, 3.63) is 29.8 Å². The highest BCUT2D eigenvalue weighted by atomic mass is 16.4. The van der Waals surface area contributed by atoms with Gasteiger partial charge in [-0.25, -0.2) is 0 Å². The highest BCUT2D eigenvalue weighted by Crippen LogP contribution is 2.38. The molecule has 6 heteroatoms. The number of carbonyl (C=O) groups is 3. The van der Waals surface area contributed by atoms with Gasteiger partial charge < -0.3 is 15.7 Å². The Morgan fingerprint density at radius 2 is 1.74 bits per heavy atom. The van der Waals surface area contributed by atoms with E-state index in [2.05, 4.69) is 10.6 Å². The second kappa shape index (κ2) is 6.81. The predicted molar refractivity (Wildman–Crippen MR) is 86.1 cm³/mol. The Balaban J connectivity index is 1.92. The van der Waals surface area contributed by atoms with Gasteiger partial charge in [0.25, 0.3) is 5.91 Å². The molecule has 0 spiro atoms. The van der Waals surface area contributed by atoms with E-state index in [1.807, 2.05) is 6.92 Å². The molecule has 4 unspecified atom stereocenters. The largest absolute Gasteiger partial charge is 0.481 e. The number of carbonyl (C=O) groups excluding carboxylic acids is 2. The van der Waals surface area contributed by atoms with Gasteiger partial charge in [-0.15, -0.1) is 0 Å². The van der Waals surface area contributed by atoms with E-state index in [0.29, 0.717) is 17.2 Å². The van der Waals surface area contributed by atoms with E-state index in [1.165, 1.54) is 0 Å². The smallest absolute Gasteiger partial charge is 0.308 e. The molecule has 1 aromatic carbocycles. The highest BCUT2D eigenvalue weighted by Gasteiger charge is 2.39. The van der Waals surface area contributed by atoms with E-state index < -0.39 is 17.9 Å². The summed E-state index contributed by atoms with van der Waals surface area (Å²) in [6, 6.07) is 6.09. The van der Waals surface area contributed by atoms with E-state index in [1.54, 1.807) is 38.1 Å². The number of nitrogens with one attached hydrogen (secondary N) is 2. The monoisotopic (exact) mass is 318 g/mol. The number of carboxylic acids is 1. The Morgan fingerprint density at radius 1 is 1.17 bits per heavy atom. The number of anilines is 1. The Kier molecular flexibility index (Phi) is 5.03. The number of carboxylic acid groups (broad SMARTS) is 1. The molecule has 4 atom stereocenters. The predicted octanol–water partition coefficient (Wildman–Crippen LogP) is 2.12. The van der Waals surface area contributed by atoms with E-state index in [9.17, 15) is 14.4 Å². The zero-order valence-electron chi connectivity index (χ0n) is 13.5. The topological polar surface area (TPSA) is 95.5 Å². The zero-order valence-corrected chi connectivity index (χ0v) is 13.5. The van der Waals surface area contributed by atoms with Gasteiger partial charge in [-0.2, -0.15) is 0 Å². The minimum absolute atomic E-state index is 0.0126. The average Bonchev–Trinajstić information content (AvgIpc) is 3.24. The van der Waals surface area contributed by atoms with E-state index in [-0.39, 0.29) is 17.7 Å². The van der Waals surface area contributed by atoms with Gasteiger partial charge in [0.2, 0.25) is 5.91 Å². The maximum absolute atomic E-state index is 12.1. The lowest BCUT2D eigenvalue weighted by atomic mass is 10.0. The van der Waals surface area contributed by atoms with Crippen molar-refractivity contribution < 1.29 is 19.5 Å². The molecule has 1 fully saturated rings. The Bertz CT molecular complexity index is 612. The molecule has 0 saturated heterocycles. The first-order chi connectivity index (χ1) is 10.8. The van der Waals surface area contributed by atoms with Crippen LogP contribution in [0.1, 0.15) is 37.6 Å². The van der Waals surface area contributed by atoms with Crippen LogP contribution in [0.3, 0.4) is 0 Å². The summed E-state index contributed by atoms with van der Waals surface area (Å²) in [4.78, 5) is 34.8. The fourth-order valence-electron chi connectivity index (χ4n) is 2.26. The van der Waals surface area contributed by atoms with Gasteiger partial charge in [-0.3, -0.25) is 14.4 Å². The van der Waals surface area contributed by atoms with Crippen LogP contribution in [0, 0.1) is 17.8 Å². The average molecular weight is 318 g/mol. The van der Waals surface area contributed by atoms with Crippen molar-refractivity contribution in [1.29, 1.82) is 0 Å². The van der Waals surface area contributed by atoms with Gasteiger partial charge in [-0.1, -0.05) is 6.92 Å². The van der Waals surface area contributed by atoms with Crippen molar-refractivity contribution in [2.45, 2.75) is 33.2 Å². The van der Waals surface area contributed by atoms with Crippen molar-refractivity contribution in [1.82, 2.24) is 5.32 Å². The van der Waals surface area contributed by atoms with Crippen molar-refractivity contribution in [2.24, 2.45) is 17.8 Å². The molecule has 0 bridgehead atoms.